The number of nitrogens with zero attached hydrogens (tertiary/aromatic N) is 1. The van der Waals surface area contributed by atoms with Crippen LogP contribution in [-0.4, -0.2) is 24.6 Å². The van der Waals surface area contributed by atoms with Crippen molar-refractivity contribution >= 4 is 6.09 Å². The summed E-state index contributed by atoms with van der Waals surface area (Å²) in [5, 5.41) is 0. The number of fused-ring (bicyclic) bond motifs is 2. The van der Waals surface area contributed by atoms with Crippen molar-refractivity contribution in [1.82, 2.24) is 4.90 Å². The van der Waals surface area contributed by atoms with E-state index < -0.39 is 0 Å². The number of hydrogen-bond acceptors (Lipinski definition) is 2. The van der Waals surface area contributed by atoms with Gasteiger partial charge in [0, 0.05) is 7.05 Å². The van der Waals surface area contributed by atoms with Crippen molar-refractivity contribution in [3.05, 3.63) is 34.9 Å². The summed E-state index contributed by atoms with van der Waals surface area (Å²) in [7, 11) is 1.84. The molecule has 1 aromatic rings. The number of hydrogen-bond donors (Lipinski definition) is 0. The van der Waals surface area contributed by atoms with Crippen LogP contribution in [0.1, 0.15) is 23.1 Å². The average molecular weight is 217 g/mol. The quantitative estimate of drug-likeness (QED) is 0.667. The van der Waals surface area contributed by atoms with E-state index in [1.165, 1.54) is 16.7 Å². The topological polar surface area (TPSA) is 29.5 Å². The Morgan fingerprint density at radius 1 is 1.44 bits per heavy atom. The van der Waals surface area contributed by atoms with E-state index in [0.29, 0.717) is 6.61 Å². The number of carbonyl (C=O) groups is 1. The van der Waals surface area contributed by atoms with Gasteiger partial charge in [0.05, 0.1) is 0 Å². The summed E-state index contributed by atoms with van der Waals surface area (Å²) >= 11 is 0. The number of cyclic esters (lactones) is 1. The van der Waals surface area contributed by atoms with Gasteiger partial charge in [0.2, 0.25) is 0 Å². The highest BCUT2D eigenvalue weighted by Gasteiger charge is 2.50. The van der Waals surface area contributed by atoms with Crippen LogP contribution in [-0.2, 0) is 16.7 Å². The second-order valence-corrected chi connectivity index (χ2v) is 4.75. The maximum absolute atomic E-state index is 11.5. The van der Waals surface area contributed by atoms with Crippen LogP contribution in [0.2, 0.25) is 0 Å². The van der Waals surface area contributed by atoms with Crippen LogP contribution in [0.15, 0.2) is 18.2 Å². The smallest absolute Gasteiger partial charge is 0.410 e. The molecule has 16 heavy (non-hydrogen) atoms. The van der Waals surface area contributed by atoms with Crippen LogP contribution < -0.4 is 0 Å². The zero-order valence-electron chi connectivity index (χ0n) is 9.62. The number of rotatable bonds is 0. The van der Waals surface area contributed by atoms with Crippen LogP contribution in [0.3, 0.4) is 0 Å². The Morgan fingerprint density at radius 2 is 2.25 bits per heavy atom. The minimum Gasteiger partial charge on any atom is -0.447 e. The zero-order chi connectivity index (χ0) is 11.3. The molecule has 1 saturated heterocycles. The summed E-state index contributed by atoms with van der Waals surface area (Å²) < 4.78 is 5.19. The first-order valence-corrected chi connectivity index (χ1v) is 5.65. The van der Waals surface area contributed by atoms with E-state index in [2.05, 4.69) is 25.1 Å². The molecule has 2 aliphatic rings. The predicted octanol–water partition coefficient (Wildman–Crippen LogP) is 2.22. The van der Waals surface area contributed by atoms with Crippen LogP contribution in [0.4, 0.5) is 4.79 Å². The van der Waals surface area contributed by atoms with E-state index in [1.807, 2.05) is 7.05 Å². The third-order valence-corrected chi connectivity index (χ3v) is 4.05. The molecule has 1 atom stereocenters. The summed E-state index contributed by atoms with van der Waals surface area (Å²) in [6.07, 6.45) is 1.83. The van der Waals surface area contributed by atoms with Crippen molar-refractivity contribution in [2.24, 2.45) is 0 Å². The lowest BCUT2D eigenvalue weighted by atomic mass is 9.91. The van der Waals surface area contributed by atoms with Gasteiger partial charge in [-0.2, -0.15) is 0 Å². The standard InChI is InChI=1S/C13H15NO2/c1-9-4-3-5-11-10(9)6-7-13(11)8-16-12(15)14(13)2/h3-5H,6-8H2,1-2H3. The molecule has 0 aromatic heterocycles. The lowest BCUT2D eigenvalue weighted by Gasteiger charge is -2.29. The Labute approximate surface area is 95.0 Å². The summed E-state index contributed by atoms with van der Waals surface area (Å²) in [6, 6.07) is 6.33. The highest BCUT2D eigenvalue weighted by Crippen LogP contribution is 2.45. The second-order valence-electron chi connectivity index (χ2n) is 4.75. The fourth-order valence-electron chi connectivity index (χ4n) is 2.98. The Bertz CT molecular complexity index is 469. The monoisotopic (exact) mass is 217 g/mol. The van der Waals surface area contributed by atoms with Crippen molar-refractivity contribution in [3.63, 3.8) is 0 Å². The van der Waals surface area contributed by atoms with Gasteiger partial charge in [-0.05, 0) is 36.5 Å². The molecule has 1 heterocycles. The Hall–Kier alpha value is -1.51. The molecule has 0 bridgehead atoms. The van der Waals surface area contributed by atoms with Gasteiger partial charge >= 0.3 is 6.09 Å². The molecule has 3 heteroatoms. The minimum absolute atomic E-state index is 0.196. The van der Waals surface area contributed by atoms with E-state index in [4.69, 9.17) is 4.74 Å². The minimum atomic E-state index is -0.200. The SMILES string of the molecule is Cc1cccc2c1CCC21COC(=O)N1C. The molecule has 3 nitrogen and oxygen atoms in total. The van der Waals surface area contributed by atoms with Crippen LogP contribution in [0.5, 0.6) is 0 Å². The third-order valence-electron chi connectivity index (χ3n) is 4.05. The maximum Gasteiger partial charge on any atom is 0.410 e. The van der Waals surface area contributed by atoms with Gasteiger partial charge in [-0.25, -0.2) is 4.79 Å². The molecule has 1 unspecified atom stereocenters. The van der Waals surface area contributed by atoms with Crippen molar-refractivity contribution in [2.75, 3.05) is 13.7 Å². The Balaban J connectivity index is 2.16. The number of likely N-dealkylation sites (N-methyl/N-ethyl adjacent to an activating group) is 1. The molecule has 1 fully saturated rings. The molecule has 1 aromatic carbocycles. The zero-order valence-corrected chi connectivity index (χ0v) is 9.62. The molecule has 1 spiro atoms. The first-order chi connectivity index (χ1) is 7.65. The van der Waals surface area contributed by atoms with Gasteiger partial charge in [-0.1, -0.05) is 18.2 Å². The third kappa shape index (κ3) is 1.01. The number of carbonyl (C=O) groups excluding carboxylic acids is 1. The Kier molecular flexibility index (Phi) is 1.82. The molecule has 1 amide bonds. The Morgan fingerprint density at radius 3 is 2.94 bits per heavy atom. The van der Waals surface area contributed by atoms with Gasteiger partial charge < -0.3 is 4.74 Å². The van der Waals surface area contributed by atoms with Crippen LogP contribution in [0.25, 0.3) is 0 Å². The first kappa shape index (κ1) is 9.70. The van der Waals surface area contributed by atoms with Crippen molar-refractivity contribution in [3.8, 4) is 0 Å². The van der Waals surface area contributed by atoms with Gasteiger partial charge in [0.25, 0.3) is 0 Å². The average Bonchev–Trinajstić information content (AvgIpc) is 2.78. The normalized spacial score (nSPS) is 27.4. The number of aryl methyl sites for hydroxylation is 1. The van der Waals surface area contributed by atoms with Gasteiger partial charge in [0.1, 0.15) is 12.1 Å². The summed E-state index contributed by atoms with van der Waals surface area (Å²) in [5.74, 6) is 0. The predicted molar refractivity (Wildman–Crippen MR) is 60.3 cm³/mol. The molecule has 0 N–H and O–H groups in total. The van der Waals surface area contributed by atoms with E-state index in [9.17, 15) is 4.79 Å². The number of ether oxygens (including phenoxy) is 1. The molecule has 3 rings (SSSR count). The van der Waals surface area contributed by atoms with Crippen LogP contribution in [0, 0.1) is 6.92 Å². The van der Waals surface area contributed by atoms with Crippen molar-refractivity contribution in [1.29, 1.82) is 0 Å². The highest BCUT2D eigenvalue weighted by molar-refractivity contribution is 5.72. The highest BCUT2D eigenvalue weighted by atomic mass is 16.6. The molecule has 0 saturated carbocycles. The van der Waals surface area contributed by atoms with Crippen molar-refractivity contribution < 1.29 is 9.53 Å². The van der Waals surface area contributed by atoms with Gasteiger partial charge in [-0.3, -0.25) is 4.90 Å². The van der Waals surface area contributed by atoms with Gasteiger partial charge in [-0.15, -0.1) is 0 Å². The molecular formula is C13H15NO2. The first-order valence-electron chi connectivity index (χ1n) is 5.65. The summed E-state index contributed by atoms with van der Waals surface area (Å²) in [6.45, 7) is 2.63. The largest absolute Gasteiger partial charge is 0.447 e. The number of amides is 1. The van der Waals surface area contributed by atoms with E-state index in [1.54, 1.807) is 4.90 Å². The van der Waals surface area contributed by atoms with E-state index in [-0.39, 0.29) is 11.6 Å². The molecule has 1 aliphatic heterocycles. The second kappa shape index (κ2) is 3.00. The fourth-order valence-corrected chi connectivity index (χ4v) is 2.98. The van der Waals surface area contributed by atoms with Crippen molar-refractivity contribution in [2.45, 2.75) is 25.3 Å². The van der Waals surface area contributed by atoms with E-state index >= 15 is 0 Å². The molecule has 1 aliphatic carbocycles. The lowest BCUT2D eigenvalue weighted by molar-refractivity contribution is 0.162. The number of benzene rings is 1. The van der Waals surface area contributed by atoms with E-state index in [0.717, 1.165) is 12.8 Å². The summed E-state index contributed by atoms with van der Waals surface area (Å²) in [4.78, 5) is 13.3. The van der Waals surface area contributed by atoms with Gasteiger partial charge in [0.15, 0.2) is 0 Å². The fraction of sp³-hybridized carbons (Fsp3) is 0.462. The maximum atomic E-state index is 11.5. The molecule has 0 radical (unpaired) electrons. The molecular weight excluding hydrogens is 202 g/mol. The lowest BCUT2D eigenvalue weighted by Crippen LogP contribution is -2.40. The molecule has 84 valence electrons. The summed E-state index contributed by atoms with van der Waals surface area (Å²) in [5.41, 5.74) is 3.80. The van der Waals surface area contributed by atoms with Crippen LogP contribution >= 0.6 is 0 Å².